The molecule has 18 heavy (non-hydrogen) atoms. The lowest BCUT2D eigenvalue weighted by Crippen LogP contribution is -2.30. The first-order valence-electron chi connectivity index (χ1n) is 6.26. The smallest absolute Gasteiger partial charge is 0.294 e. The van der Waals surface area contributed by atoms with Crippen molar-refractivity contribution in [3.05, 3.63) is 29.8 Å². The highest BCUT2D eigenvalue weighted by Gasteiger charge is 2.21. The zero-order chi connectivity index (χ0) is 13.2. The molecule has 5 heteroatoms. The number of hydrogen-bond donors (Lipinski definition) is 2. The van der Waals surface area contributed by atoms with E-state index in [1.54, 1.807) is 12.1 Å². The van der Waals surface area contributed by atoms with Crippen molar-refractivity contribution in [2.45, 2.75) is 30.6 Å². The maximum atomic E-state index is 11.0. The van der Waals surface area contributed by atoms with Crippen LogP contribution in [0.4, 0.5) is 0 Å². The Labute approximate surface area is 108 Å². The second-order valence-electron chi connectivity index (χ2n) is 4.92. The van der Waals surface area contributed by atoms with Gasteiger partial charge in [0.05, 0.1) is 4.90 Å². The van der Waals surface area contributed by atoms with Crippen LogP contribution in [0.25, 0.3) is 0 Å². The van der Waals surface area contributed by atoms with Gasteiger partial charge in [0.15, 0.2) is 0 Å². The van der Waals surface area contributed by atoms with E-state index in [-0.39, 0.29) is 4.90 Å². The van der Waals surface area contributed by atoms with E-state index in [9.17, 15) is 8.42 Å². The second-order valence-corrected chi connectivity index (χ2v) is 6.34. The predicted molar refractivity (Wildman–Crippen MR) is 70.3 cm³/mol. The van der Waals surface area contributed by atoms with E-state index in [0.29, 0.717) is 11.8 Å². The fraction of sp³-hybridized carbons (Fsp3) is 0.538. The van der Waals surface area contributed by atoms with E-state index in [0.717, 1.165) is 31.5 Å². The molecule has 2 N–H and O–H groups in total. The minimum absolute atomic E-state index is 0.0382. The summed E-state index contributed by atoms with van der Waals surface area (Å²) < 4.78 is 30.9. The van der Waals surface area contributed by atoms with Crippen LogP contribution in [0, 0.1) is 5.92 Å². The number of hydrogen-bond acceptors (Lipinski definition) is 3. The van der Waals surface area contributed by atoms with E-state index >= 15 is 0 Å². The van der Waals surface area contributed by atoms with Gasteiger partial charge in [0.25, 0.3) is 10.1 Å². The molecule has 1 heterocycles. The van der Waals surface area contributed by atoms with E-state index in [2.05, 4.69) is 12.2 Å². The molecule has 1 atom stereocenters. The van der Waals surface area contributed by atoms with Gasteiger partial charge in [-0.25, -0.2) is 0 Å². The molecule has 0 aromatic heterocycles. The third-order valence-electron chi connectivity index (χ3n) is 3.79. The molecule has 0 amide bonds. The molecule has 100 valence electrons. The van der Waals surface area contributed by atoms with Crippen LogP contribution < -0.4 is 5.32 Å². The zero-order valence-corrected chi connectivity index (χ0v) is 11.3. The summed E-state index contributed by atoms with van der Waals surface area (Å²) in [5, 5.41) is 3.34. The van der Waals surface area contributed by atoms with Gasteiger partial charge in [-0.05, 0) is 55.5 Å². The summed E-state index contributed by atoms with van der Waals surface area (Å²) in [4.78, 5) is -0.0382. The van der Waals surface area contributed by atoms with Gasteiger partial charge in [-0.15, -0.1) is 0 Å². The normalized spacial score (nSPS) is 19.7. The fourth-order valence-electron chi connectivity index (χ4n) is 2.56. The summed E-state index contributed by atoms with van der Waals surface area (Å²) in [6, 6.07) is 6.55. The summed E-state index contributed by atoms with van der Waals surface area (Å²) in [6.45, 7) is 4.29. The largest absolute Gasteiger partial charge is 0.317 e. The Kier molecular flexibility index (Phi) is 4.04. The van der Waals surface area contributed by atoms with Crippen LogP contribution in [0.2, 0.25) is 0 Å². The van der Waals surface area contributed by atoms with E-state index in [1.165, 1.54) is 12.1 Å². The summed E-state index contributed by atoms with van der Waals surface area (Å²) in [7, 11) is -4.08. The topological polar surface area (TPSA) is 66.4 Å². The number of benzene rings is 1. The summed E-state index contributed by atoms with van der Waals surface area (Å²) >= 11 is 0. The molecule has 0 aliphatic carbocycles. The van der Waals surface area contributed by atoms with Gasteiger partial charge in [-0.2, -0.15) is 8.42 Å². The Bertz CT molecular complexity index is 489. The predicted octanol–water partition coefficient (Wildman–Crippen LogP) is 2.04. The van der Waals surface area contributed by atoms with Crippen molar-refractivity contribution in [3.8, 4) is 0 Å². The summed E-state index contributed by atoms with van der Waals surface area (Å²) in [6.07, 6.45) is 2.31. The quantitative estimate of drug-likeness (QED) is 0.824. The lowest BCUT2D eigenvalue weighted by atomic mass is 9.82. The molecular weight excluding hydrogens is 250 g/mol. The number of nitrogens with one attached hydrogen (secondary N) is 1. The molecule has 1 aromatic rings. The third-order valence-corrected chi connectivity index (χ3v) is 4.66. The minimum atomic E-state index is -4.08. The van der Waals surface area contributed by atoms with Crippen LogP contribution >= 0.6 is 0 Å². The molecule has 0 spiro atoms. The number of rotatable bonds is 3. The van der Waals surface area contributed by atoms with Gasteiger partial charge in [0.1, 0.15) is 0 Å². The highest BCUT2D eigenvalue weighted by molar-refractivity contribution is 7.85. The molecule has 1 aliphatic heterocycles. The standard InChI is InChI=1S/C13H19NO3S/c1-10(12-6-8-14-9-7-12)11-2-4-13(5-3-11)18(15,16)17/h2-5,10,12,14H,6-9H2,1H3,(H,15,16,17). The summed E-state index contributed by atoms with van der Waals surface area (Å²) in [5.74, 6) is 1.06. The highest BCUT2D eigenvalue weighted by Crippen LogP contribution is 2.30. The Balaban J connectivity index is 2.13. The average Bonchev–Trinajstić information content (AvgIpc) is 2.38. The first kappa shape index (κ1) is 13.5. The van der Waals surface area contributed by atoms with Gasteiger partial charge >= 0.3 is 0 Å². The molecule has 1 saturated heterocycles. The fourth-order valence-corrected chi connectivity index (χ4v) is 3.04. The first-order valence-corrected chi connectivity index (χ1v) is 7.70. The van der Waals surface area contributed by atoms with E-state index < -0.39 is 10.1 Å². The van der Waals surface area contributed by atoms with E-state index in [4.69, 9.17) is 4.55 Å². The van der Waals surface area contributed by atoms with Crippen molar-refractivity contribution in [1.29, 1.82) is 0 Å². The van der Waals surface area contributed by atoms with E-state index in [1.807, 2.05) is 0 Å². The monoisotopic (exact) mass is 269 g/mol. The molecule has 0 saturated carbocycles. The van der Waals surface area contributed by atoms with Crippen LogP contribution in [0.1, 0.15) is 31.2 Å². The lowest BCUT2D eigenvalue weighted by molar-refractivity contribution is 0.330. The Morgan fingerprint density at radius 3 is 2.28 bits per heavy atom. The maximum Gasteiger partial charge on any atom is 0.294 e. The molecule has 1 aliphatic rings. The third kappa shape index (κ3) is 3.10. The summed E-state index contributed by atoms with van der Waals surface area (Å²) in [5.41, 5.74) is 1.13. The van der Waals surface area contributed by atoms with Crippen LogP contribution in [0.15, 0.2) is 29.2 Å². The van der Waals surface area contributed by atoms with Crippen LogP contribution in [-0.4, -0.2) is 26.1 Å². The highest BCUT2D eigenvalue weighted by atomic mass is 32.2. The van der Waals surface area contributed by atoms with Gasteiger partial charge in [-0.3, -0.25) is 4.55 Å². The molecule has 1 unspecified atom stereocenters. The van der Waals surface area contributed by atoms with Crippen LogP contribution in [0.5, 0.6) is 0 Å². The van der Waals surface area contributed by atoms with Gasteiger partial charge < -0.3 is 5.32 Å². The van der Waals surface area contributed by atoms with Crippen molar-refractivity contribution in [3.63, 3.8) is 0 Å². The van der Waals surface area contributed by atoms with Gasteiger partial charge in [-0.1, -0.05) is 19.1 Å². The van der Waals surface area contributed by atoms with Crippen LogP contribution in [-0.2, 0) is 10.1 Å². The molecule has 2 rings (SSSR count). The zero-order valence-electron chi connectivity index (χ0n) is 10.5. The van der Waals surface area contributed by atoms with Crippen molar-refractivity contribution >= 4 is 10.1 Å². The van der Waals surface area contributed by atoms with Crippen molar-refractivity contribution < 1.29 is 13.0 Å². The molecular formula is C13H19NO3S. The molecule has 1 aromatic carbocycles. The Hall–Kier alpha value is -0.910. The van der Waals surface area contributed by atoms with Crippen molar-refractivity contribution in [2.24, 2.45) is 5.92 Å². The first-order chi connectivity index (χ1) is 8.48. The molecule has 0 radical (unpaired) electrons. The average molecular weight is 269 g/mol. The Morgan fingerprint density at radius 2 is 1.78 bits per heavy atom. The molecule has 4 nitrogen and oxygen atoms in total. The lowest BCUT2D eigenvalue weighted by Gasteiger charge is -2.28. The minimum Gasteiger partial charge on any atom is -0.317 e. The maximum absolute atomic E-state index is 11.0. The Morgan fingerprint density at radius 1 is 1.22 bits per heavy atom. The number of piperidine rings is 1. The second kappa shape index (κ2) is 5.38. The van der Waals surface area contributed by atoms with Crippen molar-refractivity contribution in [2.75, 3.05) is 13.1 Å². The van der Waals surface area contributed by atoms with Crippen molar-refractivity contribution in [1.82, 2.24) is 5.32 Å². The van der Waals surface area contributed by atoms with Crippen LogP contribution in [0.3, 0.4) is 0 Å². The van der Waals surface area contributed by atoms with Gasteiger partial charge in [0, 0.05) is 0 Å². The molecule has 0 bridgehead atoms. The molecule has 1 fully saturated rings. The van der Waals surface area contributed by atoms with Gasteiger partial charge in [0.2, 0.25) is 0 Å². The SMILES string of the molecule is CC(c1ccc(S(=O)(=O)O)cc1)C1CCNCC1.